The average Bonchev–Trinajstić information content (AvgIpc) is 3.06. The first-order valence-electron chi connectivity index (χ1n) is 6.84. The zero-order valence-corrected chi connectivity index (χ0v) is 12.6. The lowest BCUT2D eigenvalue weighted by molar-refractivity contribution is 0.0698. The monoisotopic (exact) mass is 315 g/mol. The van der Waals surface area contributed by atoms with Crippen LogP contribution >= 0.6 is 11.3 Å². The van der Waals surface area contributed by atoms with Crippen LogP contribution in [0.3, 0.4) is 0 Å². The minimum atomic E-state index is -3.68. The molecule has 1 aliphatic carbocycles. The summed E-state index contributed by atoms with van der Waals surface area (Å²) < 4.78 is 27.0. The second-order valence-corrected chi connectivity index (χ2v) is 8.21. The van der Waals surface area contributed by atoms with E-state index in [1.165, 1.54) is 17.9 Å². The molecule has 2 atom stereocenters. The third-order valence-corrected chi connectivity index (χ3v) is 7.37. The van der Waals surface area contributed by atoms with E-state index in [9.17, 15) is 13.2 Å². The van der Waals surface area contributed by atoms with E-state index in [-0.39, 0.29) is 15.8 Å². The molecule has 2 fully saturated rings. The summed E-state index contributed by atoms with van der Waals surface area (Å²) in [5.74, 6) is -0.719. The minimum Gasteiger partial charge on any atom is -0.477 e. The van der Waals surface area contributed by atoms with Gasteiger partial charge in [-0.15, -0.1) is 11.3 Å². The predicted molar refractivity (Wildman–Crippen MR) is 75.5 cm³/mol. The van der Waals surface area contributed by atoms with Crippen LogP contribution in [-0.2, 0) is 10.0 Å². The van der Waals surface area contributed by atoms with Crippen molar-refractivity contribution in [2.24, 2.45) is 5.92 Å². The summed E-state index contributed by atoms with van der Waals surface area (Å²) in [5.41, 5.74) is 0. The molecule has 0 radical (unpaired) electrons. The normalized spacial score (nSPS) is 27.4. The molecule has 2 heterocycles. The number of carboxylic acids is 1. The third kappa shape index (κ3) is 2.17. The van der Waals surface area contributed by atoms with Gasteiger partial charge in [-0.1, -0.05) is 12.8 Å². The largest absolute Gasteiger partial charge is 0.477 e. The summed E-state index contributed by atoms with van der Waals surface area (Å²) in [7, 11) is -3.68. The van der Waals surface area contributed by atoms with Gasteiger partial charge in [0.1, 0.15) is 9.77 Å². The fourth-order valence-electron chi connectivity index (χ4n) is 3.44. The number of carbonyl (C=O) groups is 1. The lowest BCUT2D eigenvalue weighted by Gasteiger charge is -2.30. The zero-order chi connectivity index (χ0) is 14.3. The lowest BCUT2D eigenvalue weighted by Crippen LogP contribution is -2.39. The van der Waals surface area contributed by atoms with Gasteiger partial charge in [-0.2, -0.15) is 4.31 Å². The van der Waals surface area contributed by atoms with Crippen LogP contribution in [0.15, 0.2) is 16.3 Å². The van der Waals surface area contributed by atoms with E-state index in [0.29, 0.717) is 12.5 Å². The lowest BCUT2D eigenvalue weighted by atomic mass is 9.86. The highest BCUT2D eigenvalue weighted by atomic mass is 32.2. The first-order valence-corrected chi connectivity index (χ1v) is 9.16. The van der Waals surface area contributed by atoms with Crippen molar-refractivity contribution >= 4 is 27.3 Å². The van der Waals surface area contributed by atoms with Crippen LogP contribution in [0.25, 0.3) is 0 Å². The molecule has 2 aliphatic rings. The molecular weight excluding hydrogens is 298 g/mol. The molecule has 0 amide bonds. The van der Waals surface area contributed by atoms with Crippen LogP contribution in [0.1, 0.15) is 41.8 Å². The Kier molecular flexibility index (Phi) is 3.60. The predicted octanol–water partition coefficient (Wildman–Crippen LogP) is 2.40. The molecule has 1 aromatic heterocycles. The molecule has 1 N–H and O–H groups in total. The first-order chi connectivity index (χ1) is 9.51. The molecule has 0 aromatic carbocycles. The molecule has 1 saturated carbocycles. The van der Waals surface area contributed by atoms with Crippen LogP contribution in [0, 0.1) is 5.92 Å². The Bertz CT molecular complexity index is 622. The molecule has 2 unspecified atom stereocenters. The van der Waals surface area contributed by atoms with Crippen LogP contribution in [0.2, 0.25) is 0 Å². The van der Waals surface area contributed by atoms with Crippen molar-refractivity contribution in [3.8, 4) is 0 Å². The first kappa shape index (κ1) is 14.0. The Hall–Kier alpha value is -0.920. The van der Waals surface area contributed by atoms with Gasteiger partial charge in [-0.3, -0.25) is 0 Å². The van der Waals surface area contributed by atoms with Gasteiger partial charge in [0, 0.05) is 12.6 Å². The van der Waals surface area contributed by atoms with E-state index in [1.54, 1.807) is 4.31 Å². The number of rotatable bonds is 3. The maximum absolute atomic E-state index is 12.7. The van der Waals surface area contributed by atoms with Crippen LogP contribution in [0.5, 0.6) is 0 Å². The molecule has 1 aromatic rings. The maximum Gasteiger partial charge on any atom is 0.347 e. The maximum atomic E-state index is 12.7. The number of fused-ring (bicyclic) bond motifs is 1. The van der Waals surface area contributed by atoms with E-state index < -0.39 is 16.0 Å². The Morgan fingerprint density at radius 1 is 1.30 bits per heavy atom. The standard InChI is InChI=1S/C13H17NO4S2/c15-13(16)12-11(6-8-19-12)20(17,18)14-7-5-9-3-1-2-4-10(9)14/h6,8-10H,1-5,7H2,(H,15,16). The van der Waals surface area contributed by atoms with E-state index in [2.05, 4.69) is 0 Å². The molecule has 20 heavy (non-hydrogen) atoms. The van der Waals surface area contributed by atoms with Gasteiger partial charge in [-0.05, 0) is 36.6 Å². The molecule has 7 heteroatoms. The minimum absolute atomic E-state index is 0.0405. The van der Waals surface area contributed by atoms with Gasteiger partial charge in [-0.25, -0.2) is 13.2 Å². The highest BCUT2D eigenvalue weighted by Crippen LogP contribution is 2.40. The van der Waals surface area contributed by atoms with Crippen molar-refractivity contribution in [2.45, 2.75) is 43.0 Å². The molecule has 1 saturated heterocycles. The Morgan fingerprint density at radius 2 is 2.05 bits per heavy atom. The summed E-state index contributed by atoms with van der Waals surface area (Å²) in [4.78, 5) is 11.0. The second kappa shape index (κ2) is 5.13. The van der Waals surface area contributed by atoms with Gasteiger partial charge < -0.3 is 5.11 Å². The van der Waals surface area contributed by atoms with Crippen molar-refractivity contribution in [2.75, 3.05) is 6.54 Å². The number of sulfonamides is 1. The summed E-state index contributed by atoms with van der Waals surface area (Å²) in [5, 5.41) is 10.7. The smallest absolute Gasteiger partial charge is 0.347 e. The highest BCUT2D eigenvalue weighted by molar-refractivity contribution is 7.89. The van der Waals surface area contributed by atoms with Gasteiger partial charge >= 0.3 is 5.97 Å². The highest BCUT2D eigenvalue weighted by Gasteiger charge is 2.43. The molecule has 3 rings (SSSR count). The van der Waals surface area contributed by atoms with Gasteiger partial charge in [0.05, 0.1) is 0 Å². The summed E-state index contributed by atoms with van der Waals surface area (Å²) in [6.45, 7) is 0.520. The fourth-order valence-corrected chi connectivity index (χ4v) is 6.41. The molecule has 0 bridgehead atoms. The SMILES string of the molecule is O=C(O)c1sccc1S(=O)(=O)N1CCC2CCCCC21. The van der Waals surface area contributed by atoms with Crippen LogP contribution in [0.4, 0.5) is 0 Å². The fraction of sp³-hybridized carbons (Fsp3) is 0.615. The zero-order valence-electron chi connectivity index (χ0n) is 11.0. The molecule has 0 spiro atoms. The van der Waals surface area contributed by atoms with Crippen LogP contribution in [-0.4, -0.2) is 36.4 Å². The number of hydrogen-bond donors (Lipinski definition) is 1. The molecule has 5 nitrogen and oxygen atoms in total. The van der Waals surface area contributed by atoms with Gasteiger partial charge in [0.25, 0.3) is 0 Å². The Labute approximate surface area is 122 Å². The van der Waals surface area contributed by atoms with E-state index in [1.807, 2.05) is 0 Å². The van der Waals surface area contributed by atoms with Crippen molar-refractivity contribution in [3.05, 3.63) is 16.3 Å². The van der Waals surface area contributed by atoms with Crippen molar-refractivity contribution in [3.63, 3.8) is 0 Å². The molecule has 1 aliphatic heterocycles. The third-order valence-electron chi connectivity index (χ3n) is 4.37. The van der Waals surface area contributed by atoms with E-state index >= 15 is 0 Å². The molecule has 110 valence electrons. The Morgan fingerprint density at radius 3 is 2.80 bits per heavy atom. The number of thiophene rings is 1. The van der Waals surface area contributed by atoms with E-state index in [0.717, 1.165) is 37.0 Å². The second-order valence-electron chi connectivity index (χ2n) is 5.44. The number of hydrogen-bond acceptors (Lipinski definition) is 4. The number of nitrogens with zero attached hydrogens (tertiary/aromatic N) is 1. The molecular formula is C13H17NO4S2. The van der Waals surface area contributed by atoms with Crippen LogP contribution < -0.4 is 0 Å². The topological polar surface area (TPSA) is 74.7 Å². The number of carboxylic acid groups (broad SMARTS) is 1. The number of aromatic carboxylic acids is 1. The van der Waals surface area contributed by atoms with E-state index in [4.69, 9.17) is 5.11 Å². The average molecular weight is 315 g/mol. The van der Waals surface area contributed by atoms with Gasteiger partial charge in [0.15, 0.2) is 0 Å². The van der Waals surface area contributed by atoms with Crippen molar-refractivity contribution in [1.82, 2.24) is 4.31 Å². The summed E-state index contributed by atoms with van der Waals surface area (Å²) in [6.07, 6.45) is 5.12. The van der Waals surface area contributed by atoms with Gasteiger partial charge in [0.2, 0.25) is 10.0 Å². The summed E-state index contributed by atoms with van der Waals surface area (Å²) in [6, 6.07) is 1.48. The van der Waals surface area contributed by atoms with Crippen molar-refractivity contribution in [1.29, 1.82) is 0 Å². The van der Waals surface area contributed by atoms with Crippen molar-refractivity contribution < 1.29 is 18.3 Å². The quantitative estimate of drug-likeness (QED) is 0.929. The summed E-state index contributed by atoms with van der Waals surface area (Å²) >= 11 is 0.967. The Balaban J connectivity index is 1.96.